The van der Waals surface area contributed by atoms with E-state index in [2.05, 4.69) is 0 Å². The fourth-order valence-electron chi connectivity index (χ4n) is 2.12. The van der Waals surface area contributed by atoms with Crippen LogP contribution in [0.15, 0.2) is 60.7 Å². The minimum Gasteiger partial charge on any atom is -0.386 e. The van der Waals surface area contributed by atoms with Gasteiger partial charge in [0.2, 0.25) is 0 Å². The molecule has 0 bridgehead atoms. The van der Waals surface area contributed by atoms with Crippen LogP contribution in [0.2, 0.25) is 0 Å². The van der Waals surface area contributed by atoms with Gasteiger partial charge in [-0.3, -0.25) is 5.84 Å². The van der Waals surface area contributed by atoms with Gasteiger partial charge in [-0.1, -0.05) is 60.7 Å². The Kier molecular flexibility index (Phi) is 4.10. The Morgan fingerprint density at radius 3 is 1.78 bits per heavy atom. The third kappa shape index (κ3) is 2.76. The molecule has 0 unspecified atom stereocenters. The Bertz CT molecular complexity index is 470. The van der Waals surface area contributed by atoms with Crippen molar-refractivity contribution in [1.82, 2.24) is 5.01 Å². The van der Waals surface area contributed by atoms with Crippen molar-refractivity contribution in [3.63, 3.8) is 0 Å². The summed E-state index contributed by atoms with van der Waals surface area (Å²) in [7, 11) is 1.77. The number of nitrogens with two attached hydrogens (primary N) is 1. The molecule has 0 aliphatic heterocycles. The van der Waals surface area contributed by atoms with Gasteiger partial charge in [0, 0.05) is 7.05 Å². The summed E-state index contributed by atoms with van der Waals surface area (Å²) < 4.78 is 0. The molecular formula is C15H18N2O. The van der Waals surface area contributed by atoms with Crippen molar-refractivity contribution in [3.05, 3.63) is 71.8 Å². The summed E-state index contributed by atoms with van der Waals surface area (Å²) in [5.74, 6) is 5.88. The molecule has 0 saturated heterocycles. The Labute approximate surface area is 107 Å². The second-order valence-corrected chi connectivity index (χ2v) is 4.38. The van der Waals surface area contributed by atoms with Gasteiger partial charge in [0.1, 0.15) is 0 Å². The highest BCUT2D eigenvalue weighted by atomic mass is 16.3. The lowest BCUT2D eigenvalue weighted by Crippen LogP contribution is -2.35. The van der Waals surface area contributed by atoms with Gasteiger partial charge in [0.25, 0.3) is 0 Å². The van der Waals surface area contributed by atoms with Crippen molar-refractivity contribution in [3.8, 4) is 0 Å². The van der Waals surface area contributed by atoms with Crippen molar-refractivity contribution in [2.45, 2.75) is 12.1 Å². The van der Waals surface area contributed by atoms with E-state index in [1.54, 1.807) is 12.1 Å². The molecule has 0 fully saturated rings. The van der Waals surface area contributed by atoms with Crippen LogP contribution in [0.4, 0.5) is 0 Å². The van der Waals surface area contributed by atoms with Crippen LogP contribution < -0.4 is 5.84 Å². The monoisotopic (exact) mass is 242 g/mol. The summed E-state index contributed by atoms with van der Waals surface area (Å²) in [6.45, 7) is 0. The van der Waals surface area contributed by atoms with Crippen molar-refractivity contribution in [2.24, 2.45) is 5.84 Å². The molecule has 2 aromatic carbocycles. The molecule has 2 atom stereocenters. The SMILES string of the molecule is CN(N)[C@H](c1ccccc1)[C@@H](O)c1ccccc1. The van der Waals surface area contributed by atoms with Gasteiger partial charge >= 0.3 is 0 Å². The van der Waals surface area contributed by atoms with Crippen molar-refractivity contribution >= 4 is 0 Å². The molecule has 3 nitrogen and oxygen atoms in total. The van der Waals surface area contributed by atoms with E-state index < -0.39 is 6.10 Å². The number of rotatable bonds is 4. The van der Waals surface area contributed by atoms with Crippen LogP contribution in [0.3, 0.4) is 0 Å². The summed E-state index contributed by atoms with van der Waals surface area (Å²) in [6.07, 6.45) is -0.649. The zero-order valence-electron chi connectivity index (χ0n) is 10.4. The minimum atomic E-state index is -0.649. The van der Waals surface area contributed by atoms with Gasteiger partial charge in [-0.05, 0) is 11.1 Å². The molecular weight excluding hydrogens is 224 g/mol. The number of hydrogen-bond acceptors (Lipinski definition) is 3. The van der Waals surface area contributed by atoms with E-state index >= 15 is 0 Å². The number of benzene rings is 2. The summed E-state index contributed by atoms with van der Waals surface area (Å²) in [5, 5.41) is 12.0. The van der Waals surface area contributed by atoms with E-state index in [1.807, 2.05) is 60.7 Å². The molecule has 18 heavy (non-hydrogen) atoms. The number of hydrazine groups is 1. The maximum absolute atomic E-state index is 10.5. The largest absolute Gasteiger partial charge is 0.386 e. The maximum Gasteiger partial charge on any atom is 0.1000 e. The molecule has 0 heterocycles. The molecule has 94 valence electrons. The van der Waals surface area contributed by atoms with Gasteiger partial charge in [-0.25, -0.2) is 5.01 Å². The van der Waals surface area contributed by atoms with Crippen LogP contribution in [0.25, 0.3) is 0 Å². The minimum absolute atomic E-state index is 0.256. The number of aliphatic hydroxyl groups excluding tert-OH is 1. The Morgan fingerprint density at radius 2 is 1.33 bits per heavy atom. The number of likely N-dealkylation sites (N-methyl/N-ethyl adjacent to an activating group) is 1. The van der Waals surface area contributed by atoms with E-state index in [9.17, 15) is 5.11 Å². The molecule has 0 aliphatic carbocycles. The van der Waals surface area contributed by atoms with Crippen LogP contribution in [0.1, 0.15) is 23.3 Å². The van der Waals surface area contributed by atoms with E-state index in [0.717, 1.165) is 11.1 Å². The first kappa shape index (κ1) is 12.8. The highest BCUT2D eigenvalue weighted by molar-refractivity contribution is 5.26. The lowest BCUT2D eigenvalue weighted by Gasteiger charge is -2.29. The van der Waals surface area contributed by atoms with Crippen molar-refractivity contribution < 1.29 is 5.11 Å². The average Bonchev–Trinajstić information content (AvgIpc) is 2.40. The van der Waals surface area contributed by atoms with E-state index in [-0.39, 0.29) is 6.04 Å². The lowest BCUT2D eigenvalue weighted by molar-refractivity contribution is 0.0620. The number of aliphatic hydroxyl groups is 1. The van der Waals surface area contributed by atoms with E-state index in [4.69, 9.17) is 5.84 Å². The van der Waals surface area contributed by atoms with Gasteiger partial charge in [-0.15, -0.1) is 0 Å². The lowest BCUT2D eigenvalue weighted by atomic mass is 9.95. The topological polar surface area (TPSA) is 49.5 Å². The maximum atomic E-state index is 10.5. The zero-order chi connectivity index (χ0) is 13.0. The molecule has 2 rings (SSSR count). The predicted octanol–water partition coefficient (Wildman–Crippen LogP) is 2.27. The Hall–Kier alpha value is -1.68. The number of nitrogens with zero attached hydrogens (tertiary/aromatic N) is 1. The normalized spacial score (nSPS) is 14.4. The van der Waals surface area contributed by atoms with Gasteiger partial charge in [0.15, 0.2) is 0 Å². The van der Waals surface area contributed by atoms with Crippen LogP contribution in [-0.4, -0.2) is 17.2 Å². The molecule has 0 saturated carbocycles. The molecule has 3 heteroatoms. The summed E-state index contributed by atoms with van der Waals surface area (Å²) in [6, 6.07) is 19.1. The van der Waals surface area contributed by atoms with Crippen molar-refractivity contribution in [2.75, 3.05) is 7.05 Å². The Balaban J connectivity index is 2.32. The third-order valence-corrected chi connectivity index (χ3v) is 3.02. The van der Waals surface area contributed by atoms with Crippen LogP contribution >= 0.6 is 0 Å². The zero-order valence-corrected chi connectivity index (χ0v) is 10.4. The summed E-state index contributed by atoms with van der Waals surface area (Å²) >= 11 is 0. The van der Waals surface area contributed by atoms with Crippen LogP contribution in [0, 0.1) is 0 Å². The smallest absolute Gasteiger partial charge is 0.1000 e. The van der Waals surface area contributed by atoms with Crippen LogP contribution in [-0.2, 0) is 0 Å². The molecule has 2 aromatic rings. The molecule has 0 amide bonds. The molecule has 0 aromatic heterocycles. The fraction of sp³-hybridized carbons (Fsp3) is 0.200. The summed E-state index contributed by atoms with van der Waals surface area (Å²) in [4.78, 5) is 0. The predicted molar refractivity (Wildman–Crippen MR) is 72.5 cm³/mol. The first-order valence-electron chi connectivity index (χ1n) is 5.95. The average molecular weight is 242 g/mol. The molecule has 0 radical (unpaired) electrons. The standard InChI is InChI=1S/C15H18N2O/c1-17(16)14(12-8-4-2-5-9-12)15(18)13-10-6-3-7-11-13/h2-11,14-15,18H,16H2,1H3/t14-,15+/m1/s1. The molecule has 0 spiro atoms. The number of hydrogen-bond donors (Lipinski definition) is 2. The first-order valence-corrected chi connectivity index (χ1v) is 5.95. The Morgan fingerprint density at radius 1 is 0.889 bits per heavy atom. The van der Waals surface area contributed by atoms with E-state index in [1.165, 1.54) is 0 Å². The third-order valence-electron chi connectivity index (χ3n) is 3.02. The van der Waals surface area contributed by atoms with Crippen LogP contribution in [0.5, 0.6) is 0 Å². The summed E-state index contributed by atoms with van der Waals surface area (Å²) in [5.41, 5.74) is 1.86. The second kappa shape index (κ2) is 5.78. The molecule has 0 aliphatic rings. The first-order chi connectivity index (χ1) is 8.70. The van der Waals surface area contributed by atoms with Gasteiger partial charge in [-0.2, -0.15) is 0 Å². The van der Waals surface area contributed by atoms with Gasteiger partial charge < -0.3 is 5.11 Å². The molecule has 3 N–H and O–H groups in total. The quantitative estimate of drug-likeness (QED) is 0.638. The highest BCUT2D eigenvalue weighted by Gasteiger charge is 2.24. The fourth-order valence-corrected chi connectivity index (χ4v) is 2.12. The van der Waals surface area contributed by atoms with Crippen molar-refractivity contribution in [1.29, 1.82) is 0 Å². The van der Waals surface area contributed by atoms with E-state index in [0.29, 0.717) is 0 Å². The van der Waals surface area contributed by atoms with Gasteiger partial charge in [0.05, 0.1) is 12.1 Å². The second-order valence-electron chi connectivity index (χ2n) is 4.38. The highest BCUT2D eigenvalue weighted by Crippen LogP contribution is 2.31.